The van der Waals surface area contributed by atoms with Crippen LogP contribution in [-0.4, -0.2) is 37.0 Å². The zero-order valence-electron chi connectivity index (χ0n) is 12.2. The fraction of sp³-hybridized carbons (Fsp3) is 0.429. The summed E-state index contributed by atoms with van der Waals surface area (Å²) in [5.74, 6) is -0.214. The Hall–Kier alpha value is -1.46. The summed E-state index contributed by atoms with van der Waals surface area (Å²) in [4.78, 5) is 24.9. The van der Waals surface area contributed by atoms with Crippen molar-refractivity contribution >= 4 is 35.1 Å². The normalized spacial score (nSPS) is 11.7. The Balaban J connectivity index is 2.71. The number of hydrogen-bond donors (Lipinski definition) is 2. The summed E-state index contributed by atoms with van der Waals surface area (Å²) in [6.45, 7) is 4.11. The van der Waals surface area contributed by atoms with Gasteiger partial charge in [-0.1, -0.05) is 29.3 Å². The lowest BCUT2D eigenvalue weighted by atomic mass is 10.1. The first-order chi connectivity index (χ1) is 9.88. The Bertz CT molecular complexity index is 523. The minimum Gasteiger partial charge on any atom is -0.358 e. The third-order valence-corrected chi connectivity index (χ3v) is 3.80. The van der Waals surface area contributed by atoms with E-state index in [2.05, 4.69) is 10.6 Å². The molecule has 0 saturated heterocycles. The molecule has 0 heterocycles. The first kappa shape index (κ1) is 17.6. The Kier molecular flexibility index (Phi) is 6.78. The van der Waals surface area contributed by atoms with Crippen molar-refractivity contribution in [3.8, 4) is 0 Å². The molecule has 1 atom stereocenters. The molecule has 3 amide bonds. The maximum atomic E-state index is 12.1. The molecule has 5 nitrogen and oxygen atoms in total. The fourth-order valence-electron chi connectivity index (χ4n) is 1.72. The molecule has 7 heteroatoms. The van der Waals surface area contributed by atoms with Gasteiger partial charge in [-0.25, -0.2) is 4.79 Å². The van der Waals surface area contributed by atoms with Crippen molar-refractivity contribution in [3.63, 3.8) is 0 Å². The summed E-state index contributed by atoms with van der Waals surface area (Å²) < 4.78 is 0. The molecule has 0 aromatic heterocycles. The SMILES string of the molecule is CCN(CC(=O)NC)C(=O)N[C@@H](C)c1ccc(Cl)c(Cl)c1. The van der Waals surface area contributed by atoms with Crippen molar-refractivity contribution in [2.75, 3.05) is 20.1 Å². The van der Waals surface area contributed by atoms with Crippen molar-refractivity contribution in [2.45, 2.75) is 19.9 Å². The van der Waals surface area contributed by atoms with Crippen molar-refractivity contribution in [2.24, 2.45) is 0 Å². The smallest absolute Gasteiger partial charge is 0.318 e. The summed E-state index contributed by atoms with van der Waals surface area (Å²) in [5.41, 5.74) is 0.841. The highest BCUT2D eigenvalue weighted by Gasteiger charge is 2.17. The van der Waals surface area contributed by atoms with Gasteiger partial charge in [0.25, 0.3) is 0 Å². The molecule has 0 unspecified atom stereocenters. The lowest BCUT2D eigenvalue weighted by Gasteiger charge is -2.23. The first-order valence-corrected chi connectivity index (χ1v) is 7.35. The highest BCUT2D eigenvalue weighted by Crippen LogP contribution is 2.25. The number of urea groups is 1. The van der Waals surface area contributed by atoms with Crippen LogP contribution in [0.4, 0.5) is 4.79 Å². The van der Waals surface area contributed by atoms with Gasteiger partial charge in [-0.05, 0) is 31.5 Å². The van der Waals surface area contributed by atoms with E-state index >= 15 is 0 Å². The average molecular weight is 332 g/mol. The Labute approximate surface area is 134 Å². The second kappa shape index (κ2) is 8.10. The van der Waals surface area contributed by atoms with Crippen molar-refractivity contribution in [3.05, 3.63) is 33.8 Å². The maximum Gasteiger partial charge on any atom is 0.318 e. The average Bonchev–Trinajstić information content (AvgIpc) is 2.46. The van der Waals surface area contributed by atoms with E-state index in [1.165, 1.54) is 11.9 Å². The third-order valence-electron chi connectivity index (χ3n) is 3.07. The van der Waals surface area contributed by atoms with Crippen LogP contribution in [0, 0.1) is 0 Å². The summed E-state index contributed by atoms with van der Waals surface area (Å²) in [5, 5.41) is 6.22. The van der Waals surface area contributed by atoms with E-state index in [0.717, 1.165) is 5.56 Å². The van der Waals surface area contributed by atoms with Crippen LogP contribution in [0.15, 0.2) is 18.2 Å². The predicted octanol–water partition coefficient (Wildman–Crippen LogP) is 2.83. The summed E-state index contributed by atoms with van der Waals surface area (Å²) in [6.07, 6.45) is 0. The zero-order valence-corrected chi connectivity index (χ0v) is 13.8. The van der Waals surface area contributed by atoms with Gasteiger partial charge >= 0.3 is 6.03 Å². The summed E-state index contributed by atoms with van der Waals surface area (Å²) in [7, 11) is 1.53. The van der Waals surface area contributed by atoms with Crippen molar-refractivity contribution < 1.29 is 9.59 Å². The highest BCUT2D eigenvalue weighted by atomic mass is 35.5. The van der Waals surface area contributed by atoms with E-state index in [1.54, 1.807) is 18.2 Å². The van der Waals surface area contributed by atoms with Crippen LogP contribution >= 0.6 is 23.2 Å². The second-order valence-electron chi connectivity index (χ2n) is 4.53. The highest BCUT2D eigenvalue weighted by molar-refractivity contribution is 6.42. The van der Waals surface area contributed by atoms with Crippen LogP contribution in [-0.2, 0) is 4.79 Å². The lowest BCUT2D eigenvalue weighted by molar-refractivity contribution is -0.121. The Morgan fingerprint density at radius 3 is 2.48 bits per heavy atom. The molecule has 21 heavy (non-hydrogen) atoms. The van der Waals surface area contributed by atoms with Gasteiger partial charge in [-0.15, -0.1) is 0 Å². The monoisotopic (exact) mass is 331 g/mol. The van der Waals surface area contributed by atoms with Gasteiger partial charge in [0.1, 0.15) is 6.54 Å². The first-order valence-electron chi connectivity index (χ1n) is 6.60. The van der Waals surface area contributed by atoms with Crippen LogP contribution in [0.25, 0.3) is 0 Å². The van der Waals surface area contributed by atoms with E-state index < -0.39 is 0 Å². The molecule has 0 aliphatic rings. The largest absolute Gasteiger partial charge is 0.358 e. The van der Waals surface area contributed by atoms with Crippen LogP contribution in [0.5, 0.6) is 0 Å². The minimum absolute atomic E-state index is 0.0208. The van der Waals surface area contributed by atoms with Crippen LogP contribution in [0.3, 0.4) is 0 Å². The quantitative estimate of drug-likeness (QED) is 0.871. The van der Waals surface area contributed by atoms with Gasteiger partial charge < -0.3 is 15.5 Å². The molecule has 1 aromatic carbocycles. The maximum absolute atomic E-state index is 12.1. The predicted molar refractivity (Wildman–Crippen MR) is 84.7 cm³/mol. The number of benzene rings is 1. The van der Waals surface area contributed by atoms with E-state index in [-0.39, 0.29) is 24.5 Å². The number of hydrogen-bond acceptors (Lipinski definition) is 2. The van der Waals surface area contributed by atoms with E-state index in [0.29, 0.717) is 16.6 Å². The van der Waals surface area contributed by atoms with Gasteiger partial charge in [0.05, 0.1) is 16.1 Å². The Morgan fingerprint density at radius 1 is 1.29 bits per heavy atom. The molecule has 0 aliphatic heterocycles. The number of nitrogens with zero attached hydrogens (tertiary/aromatic N) is 1. The number of likely N-dealkylation sites (N-methyl/N-ethyl adjacent to an activating group) is 2. The van der Waals surface area contributed by atoms with Crippen LogP contribution < -0.4 is 10.6 Å². The number of carbonyl (C=O) groups is 2. The molecule has 2 N–H and O–H groups in total. The van der Waals surface area contributed by atoms with Crippen molar-refractivity contribution in [1.82, 2.24) is 15.5 Å². The molecule has 116 valence electrons. The minimum atomic E-state index is -0.306. The Morgan fingerprint density at radius 2 is 1.95 bits per heavy atom. The molecule has 0 bridgehead atoms. The molecule has 0 radical (unpaired) electrons. The number of rotatable bonds is 5. The lowest BCUT2D eigenvalue weighted by Crippen LogP contribution is -2.45. The van der Waals surface area contributed by atoms with E-state index in [1.807, 2.05) is 13.8 Å². The molecule has 0 saturated carbocycles. The third kappa shape index (κ3) is 5.10. The van der Waals surface area contributed by atoms with Gasteiger partial charge in [0.15, 0.2) is 0 Å². The molecule has 1 aromatic rings. The van der Waals surface area contributed by atoms with E-state index in [9.17, 15) is 9.59 Å². The number of nitrogens with one attached hydrogen (secondary N) is 2. The van der Waals surface area contributed by atoms with Gasteiger partial charge in [0.2, 0.25) is 5.91 Å². The van der Waals surface area contributed by atoms with Crippen molar-refractivity contribution in [1.29, 1.82) is 0 Å². The summed E-state index contributed by atoms with van der Waals surface area (Å²) >= 11 is 11.8. The molecular formula is C14H19Cl2N3O2. The second-order valence-corrected chi connectivity index (χ2v) is 5.35. The molecule has 0 fully saturated rings. The molecule has 0 spiro atoms. The summed E-state index contributed by atoms with van der Waals surface area (Å²) in [6, 6.07) is 4.65. The van der Waals surface area contributed by atoms with Gasteiger partial charge in [-0.3, -0.25) is 4.79 Å². The fourth-order valence-corrected chi connectivity index (χ4v) is 2.03. The number of amides is 3. The van der Waals surface area contributed by atoms with Gasteiger partial charge in [0, 0.05) is 13.6 Å². The van der Waals surface area contributed by atoms with Gasteiger partial charge in [-0.2, -0.15) is 0 Å². The molecule has 1 rings (SSSR count). The molecule has 0 aliphatic carbocycles. The standard InChI is InChI=1S/C14H19Cl2N3O2/c1-4-19(8-13(20)17-3)14(21)18-9(2)10-5-6-11(15)12(16)7-10/h5-7,9H,4,8H2,1-3H3,(H,17,20)(H,18,21)/t9-/m0/s1. The topological polar surface area (TPSA) is 61.4 Å². The van der Waals surface area contributed by atoms with E-state index in [4.69, 9.17) is 23.2 Å². The van der Waals surface area contributed by atoms with Crippen LogP contribution in [0.2, 0.25) is 10.0 Å². The molecular weight excluding hydrogens is 313 g/mol. The van der Waals surface area contributed by atoms with Crippen LogP contribution in [0.1, 0.15) is 25.5 Å². The number of halogens is 2. The number of carbonyl (C=O) groups excluding carboxylic acids is 2. The zero-order chi connectivity index (χ0) is 16.0.